The van der Waals surface area contributed by atoms with Gasteiger partial charge in [-0.25, -0.2) is 8.42 Å². The Morgan fingerprint density at radius 1 is 1.08 bits per heavy atom. The Kier molecular flexibility index (Phi) is 6.71. The van der Waals surface area contributed by atoms with E-state index in [1.807, 2.05) is 24.3 Å². The maximum atomic E-state index is 11.9. The highest BCUT2D eigenvalue weighted by Gasteiger charge is 2.07. The smallest absolute Gasteiger partial charge is 0.224 e. The molecule has 128 valence electrons. The predicted molar refractivity (Wildman–Crippen MR) is 99.6 cm³/mol. The molecule has 0 spiro atoms. The zero-order chi connectivity index (χ0) is 17.6. The van der Waals surface area contributed by atoms with Crippen LogP contribution in [0.3, 0.4) is 0 Å². The molecule has 0 aromatic heterocycles. The van der Waals surface area contributed by atoms with Crippen molar-refractivity contribution in [2.75, 3.05) is 17.3 Å². The lowest BCUT2D eigenvalue weighted by Crippen LogP contribution is -2.11. The molecule has 0 bridgehead atoms. The van der Waals surface area contributed by atoms with Gasteiger partial charge in [-0.2, -0.15) is 0 Å². The molecule has 0 radical (unpaired) electrons. The van der Waals surface area contributed by atoms with Crippen molar-refractivity contribution >= 4 is 44.8 Å². The first-order valence-corrected chi connectivity index (χ1v) is 10.6. The fraction of sp³-hybridized carbons (Fsp3) is 0.235. The molecule has 2 aromatic carbocycles. The van der Waals surface area contributed by atoms with E-state index in [9.17, 15) is 13.2 Å². The molecule has 2 rings (SSSR count). The van der Waals surface area contributed by atoms with Gasteiger partial charge < -0.3 is 5.32 Å². The first-order chi connectivity index (χ1) is 11.3. The van der Waals surface area contributed by atoms with Crippen LogP contribution < -0.4 is 5.32 Å². The number of amides is 1. The summed E-state index contributed by atoms with van der Waals surface area (Å²) in [5, 5.41) is 3.48. The number of anilines is 1. The fourth-order valence-electron chi connectivity index (χ4n) is 1.96. The van der Waals surface area contributed by atoms with Gasteiger partial charge in [-0.3, -0.25) is 4.79 Å². The van der Waals surface area contributed by atoms with Crippen LogP contribution in [0.4, 0.5) is 5.69 Å². The number of carbonyl (C=O) groups is 1. The van der Waals surface area contributed by atoms with Crippen LogP contribution in [0.15, 0.2) is 58.3 Å². The lowest BCUT2D eigenvalue weighted by atomic mass is 10.3. The SMILES string of the molecule is CS(=O)(=O)c1ccc(NC(=O)CCCSc2ccc(Cl)cc2)cc1. The highest BCUT2D eigenvalue weighted by molar-refractivity contribution is 7.99. The molecule has 0 heterocycles. The van der Waals surface area contributed by atoms with Crippen LogP contribution in [-0.4, -0.2) is 26.3 Å². The fourth-order valence-corrected chi connectivity index (χ4v) is 3.57. The standard InChI is InChI=1S/C17H18ClNO3S2/c1-24(21,22)16-10-6-14(7-11-16)19-17(20)3-2-12-23-15-8-4-13(18)5-9-15/h4-11H,2-3,12H2,1H3,(H,19,20). The van der Waals surface area contributed by atoms with Crippen LogP contribution in [0.25, 0.3) is 0 Å². The van der Waals surface area contributed by atoms with Crippen molar-refractivity contribution < 1.29 is 13.2 Å². The highest BCUT2D eigenvalue weighted by atomic mass is 35.5. The lowest BCUT2D eigenvalue weighted by Gasteiger charge is -2.06. The summed E-state index contributed by atoms with van der Waals surface area (Å²) in [6, 6.07) is 13.8. The molecule has 4 nitrogen and oxygen atoms in total. The molecule has 0 atom stereocenters. The first kappa shape index (κ1) is 18.8. The Morgan fingerprint density at radius 2 is 1.71 bits per heavy atom. The lowest BCUT2D eigenvalue weighted by molar-refractivity contribution is -0.116. The second-order valence-corrected chi connectivity index (χ2v) is 8.87. The highest BCUT2D eigenvalue weighted by Crippen LogP contribution is 2.21. The van der Waals surface area contributed by atoms with E-state index in [1.165, 1.54) is 12.1 Å². The summed E-state index contributed by atoms with van der Waals surface area (Å²) in [5.74, 6) is 0.751. The zero-order valence-corrected chi connectivity index (χ0v) is 15.5. The maximum Gasteiger partial charge on any atom is 0.224 e. The van der Waals surface area contributed by atoms with Crippen molar-refractivity contribution in [1.82, 2.24) is 0 Å². The largest absolute Gasteiger partial charge is 0.326 e. The Hall–Kier alpha value is -1.50. The quantitative estimate of drug-likeness (QED) is 0.573. The van der Waals surface area contributed by atoms with Gasteiger partial charge in [0, 0.05) is 28.3 Å². The minimum atomic E-state index is -3.22. The molecular weight excluding hydrogens is 366 g/mol. The van der Waals surface area contributed by atoms with E-state index in [0.717, 1.165) is 23.3 Å². The van der Waals surface area contributed by atoms with Crippen molar-refractivity contribution in [3.63, 3.8) is 0 Å². The predicted octanol–water partition coefficient (Wildman–Crippen LogP) is 4.25. The Morgan fingerprint density at radius 3 is 2.29 bits per heavy atom. The van der Waals surface area contributed by atoms with Gasteiger partial charge in [-0.15, -0.1) is 11.8 Å². The molecule has 0 fully saturated rings. The van der Waals surface area contributed by atoms with Gasteiger partial charge in [0.05, 0.1) is 4.90 Å². The van der Waals surface area contributed by atoms with E-state index in [1.54, 1.807) is 23.9 Å². The molecule has 0 aliphatic rings. The van der Waals surface area contributed by atoms with E-state index >= 15 is 0 Å². The summed E-state index contributed by atoms with van der Waals surface area (Å²) in [6.07, 6.45) is 2.31. The van der Waals surface area contributed by atoms with E-state index in [0.29, 0.717) is 17.1 Å². The van der Waals surface area contributed by atoms with Gasteiger partial charge in [0.1, 0.15) is 0 Å². The van der Waals surface area contributed by atoms with Crippen LogP contribution in [0.2, 0.25) is 5.02 Å². The van der Waals surface area contributed by atoms with Crippen LogP contribution in [0.5, 0.6) is 0 Å². The number of halogens is 1. The number of carbonyl (C=O) groups excluding carboxylic acids is 1. The minimum absolute atomic E-state index is 0.0844. The van der Waals surface area contributed by atoms with Gasteiger partial charge in [0.25, 0.3) is 0 Å². The van der Waals surface area contributed by atoms with E-state index < -0.39 is 9.84 Å². The average Bonchev–Trinajstić information content (AvgIpc) is 2.53. The van der Waals surface area contributed by atoms with Crippen LogP contribution in [-0.2, 0) is 14.6 Å². The topological polar surface area (TPSA) is 63.2 Å². The number of thioether (sulfide) groups is 1. The number of benzene rings is 2. The van der Waals surface area contributed by atoms with Crippen molar-refractivity contribution in [2.45, 2.75) is 22.6 Å². The molecule has 0 saturated heterocycles. The molecule has 0 unspecified atom stereocenters. The first-order valence-electron chi connectivity index (χ1n) is 7.33. The Balaban J connectivity index is 1.74. The van der Waals surface area contributed by atoms with Gasteiger partial charge in [-0.1, -0.05) is 11.6 Å². The molecule has 2 aromatic rings. The van der Waals surface area contributed by atoms with Crippen LogP contribution in [0.1, 0.15) is 12.8 Å². The van der Waals surface area contributed by atoms with Gasteiger partial charge in [-0.05, 0) is 60.7 Å². The number of sulfone groups is 1. The molecule has 7 heteroatoms. The number of hydrogen-bond donors (Lipinski definition) is 1. The van der Waals surface area contributed by atoms with Crippen LogP contribution in [0, 0.1) is 0 Å². The summed E-state index contributed by atoms with van der Waals surface area (Å²) < 4.78 is 22.8. The molecule has 0 aliphatic heterocycles. The summed E-state index contributed by atoms with van der Waals surface area (Å²) in [6.45, 7) is 0. The van der Waals surface area contributed by atoms with E-state index in [-0.39, 0.29) is 10.8 Å². The third-order valence-electron chi connectivity index (χ3n) is 3.20. The third kappa shape index (κ3) is 6.19. The van der Waals surface area contributed by atoms with Crippen molar-refractivity contribution in [2.24, 2.45) is 0 Å². The monoisotopic (exact) mass is 383 g/mol. The van der Waals surface area contributed by atoms with Gasteiger partial charge in [0.15, 0.2) is 9.84 Å². The molecule has 24 heavy (non-hydrogen) atoms. The molecular formula is C17H18ClNO3S2. The second kappa shape index (κ2) is 8.55. The summed E-state index contributed by atoms with van der Waals surface area (Å²) >= 11 is 7.51. The Labute approximate surface area is 151 Å². The summed E-state index contributed by atoms with van der Waals surface area (Å²) in [7, 11) is -3.22. The van der Waals surface area contributed by atoms with E-state index in [4.69, 9.17) is 11.6 Å². The molecule has 1 amide bonds. The van der Waals surface area contributed by atoms with Crippen molar-refractivity contribution in [3.05, 3.63) is 53.6 Å². The second-order valence-electron chi connectivity index (χ2n) is 5.25. The number of nitrogens with one attached hydrogen (secondary N) is 1. The molecule has 0 aliphatic carbocycles. The van der Waals surface area contributed by atoms with E-state index in [2.05, 4.69) is 5.32 Å². The van der Waals surface area contributed by atoms with Crippen LogP contribution >= 0.6 is 23.4 Å². The summed E-state index contributed by atoms with van der Waals surface area (Å²) in [4.78, 5) is 13.3. The minimum Gasteiger partial charge on any atom is -0.326 e. The zero-order valence-electron chi connectivity index (χ0n) is 13.2. The molecule has 1 N–H and O–H groups in total. The van der Waals surface area contributed by atoms with Gasteiger partial charge >= 0.3 is 0 Å². The van der Waals surface area contributed by atoms with Gasteiger partial charge in [0.2, 0.25) is 5.91 Å². The number of rotatable bonds is 7. The number of hydrogen-bond acceptors (Lipinski definition) is 4. The maximum absolute atomic E-state index is 11.9. The summed E-state index contributed by atoms with van der Waals surface area (Å²) in [5.41, 5.74) is 0.595. The average molecular weight is 384 g/mol. The normalized spacial score (nSPS) is 11.2. The van der Waals surface area contributed by atoms with Crippen molar-refractivity contribution in [3.8, 4) is 0 Å². The Bertz CT molecular complexity index is 788. The third-order valence-corrected chi connectivity index (χ3v) is 5.68. The van der Waals surface area contributed by atoms with Crippen molar-refractivity contribution in [1.29, 1.82) is 0 Å². The molecule has 0 saturated carbocycles.